The van der Waals surface area contributed by atoms with Gasteiger partial charge in [0.1, 0.15) is 0 Å². The van der Waals surface area contributed by atoms with Crippen LogP contribution in [-0.2, 0) is 19.1 Å². The number of benzene rings is 2. The first-order valence-corrected chi connectivity index (χ1v) is 10.8. The van der Waals surface area contributed by atoms with E-state index in [1.165, 1.54) is 0 Å². The van der Waals surface area contributed by atoms with Crippen molar-refractivity contribution >= 4 is 46.9 Å². The fourth-order valence-electron chi connectivity index (χ4n) is 2.44. The number of rotatable bonds is 10. The molecule has 2 aromatic carbocycles. The second-order valence-corrected chi connectivity index (χ2v) is 7.17. The molecule has 0 saturated heterocycles. The summed E-state index contributed by atoms with van der Waals surface area (Å²) in [5.41, 5.74) is 1.90. The zero-order chi connectivity index (χ0) is 22.6. The number of esters is 2. The van der Waals surface area contributed by atoms with Crippen LogP contribution in [0, 0.1) is 0 Å². The van der Waals surface area contributed by atoms with Gasteiger partial charge < -0.3 is 20.1 Å². The average molecular weight is 445 g/mol. The van der Waals surface area contributed by atoms with Gasteiger partial charge in [-0.25, -0.2) is 9.59 Å². The van der Waals surface area contributed by atoms with Crippen LogP contribution < -0.4 is 10.6 Å². The highest BCUT2D eigenvalue weighted by molar-refractivity contribution is 8.00. The van der Waals surface area contributed by atoms with E-state index in [9.17, 15) is 19.2 Å². The number of thioether (sulfide) groups is 1. The predicted molar refractivity (Wildman–Crippen MR) is 119 cm³/mol. The van der Waals surface area contributed by atoms with Gasteiger partial charge in [0.25, 0.3) is 0 Å². The molecule has 0 bridgehead atoms. The first kappa shape index (κ1) is 23.9. The third-order valence-corrected chi connectivity index (χ3v) is 4.76. The zero-order valence-electron chi connectivity index (χ0n) is 17.3. The zero-order valence-corrected chi connectivity index (χ0v) is 18.1. The van der Waals surface area contributed by atoms with Gasteiger partial charge in [-0.2, -0.15) is 0 Å². The van der Waals surface area contributed by atoms with Crippen LogP contribution in [0.1, 0.15) is 34.6 Å². The Morgan fingerprint density at radius 2 is 1.03 bits per heavy atom. The third kappa shape index (κ3) is 8.13. The topological polar surface area (TPSA) is 111 Å². The van der Waals surface area contributed by atoms with Crippen LogP contribution in [0.25, 0.3) is 0 Å². The monoisotopic (exact) mass is 444 g/mol. The maximum absolute atomic E-state index is 12.0. The molecule has 0 aliphatic heterocycles. The van der Waals surface area contributed by atoms with Gasteiger partial charge in [0.15, 0.2) is 0 Å². The van der Waals surface area contributed by atoms with Crippen LogP contribution in [0.5, 0.6) is 0 Å². The summed E-state index contributed by atoms with van der Waals surface area (Å²) in [6.07, 6.45) is 0. The number of hydrogen-bond acceptors (Lipinski definition) is 7. The highest BCUT2D eigenvalue weighted by Crippen LogP contribution is 2.13. The molecule has 2 rings (SSSR count). The lowest BCUT2D eigenvalue weighted by molar-refractivity contribution is -0.114. The molecule has 9 heteroatoms. The van der Waals surface area contributed by atoms with Gasteiger partial charge in [0.05, 0.1) is 35.8 Å². The summed E-state index contributed by atoms with van der Waals surface area (Å²) >= 11 is 1.16. The average Bonchev–Trinajstić information content (AvgIpc) is 2.75. The molecule has 8 nitrogen and oxygen atoms in total. The van der Waals surface area contributed by atoms with Crippen LogP contribution in [0.4, 0.5) is 11.4 Å². The summed E-state index contributed by atoms with van der Waals surface area (Å²) in [6, 6.07) is 12.7. The van der Waals surface area contributed by atoms with Crippen molar-refractivity contribution in [3.63, 3.8) is 0 Å². The molecule has 2 N–H and O–H groups in total. The van der Waals surface area contributed by atoms with E-state index in [4.69, 9.17) is 9.47 Å². The maximum atomic E-state index is 12.0. The van der Waals surface area contributed by atoms with Crippen molar-refractivity contribution in [2.45, 2.75) is 13.8 Å². The molecule has 0 atom stereocenters. The first-order valence-electron chi connectivity index (χ1n) is 9.64. The van der Waals surface area contributed by atoms with Crippen LogP contribution in [0.15, 0.2) is 48.5 Å². The molecule has 0 aromatic heterocycles. The van der Waals surface area contributed by atoms with Crippen LogP contribution in [-0.4, -0.2) is 48.5 Å². The second-order valence-electron chi connectivity index (χ2n) is 6.18. The number of carbonyl (C=O) groups is 4. The summed E-state index contributed by atoms with van der Waals surface area (Å²) in [5, 5.41) is 5.41. The molecule has 2 aromatic rings. The Balaban J connectivity index is 1.72. The Morgan fingerprint density at radius 1 is 0.677 bits per heavy atom. The Kier molecular flexibility index (Phi) is 9.57. The number of amides is 2. The van der Waals surface area contributed by atoms with Gasteiger partial charge in [-0.3, -0.25) is 9.59 Å². The second kappa shape index (κ2) is 12.4. The quantitative estimate of drug-likeness (QED) is 0.541. The molecule has 164 valence electrons. The minimum atomic E-state index is -0.419. The van der Waals surface area contributed by atoms with Gasteiger partial charge in [0.2, 0.25) is 11.8 Å². The summed E-state index contributed by atoms with van der Waals surface area (Å²) < 4.78 is 9.81. The molecule has 0 aliphatic carbocycles. The van der Waals surface area contributed by atoms with E-state index in [0.717, 1.165) is 11.8 Å². The molecule has 0 radical (unpaired) electrons. The number of carbonyl (C=O) groups excluding carboxylic acids is 4. The largest absolute Gasteiger partial charge is 0.462 e. The van der Waals surface area contributed by atoms with Crippen LogP contribution in [0.2, 0.25) is 0 Å². The maximum Gasteiger partial charge on any atom is 0.338 e. The number of ether oxygens (including phenoxy) is 2. The van der Waals surface area contributed by atoms with E-state index in [1.54, 1.807) is 62.4 Å². The number of nitrogens with one attached hydrogen (secondary N) is 2. The SMILES string of the molecule is CCOC(=O)c1ccc(NC(=O)CSCC(=O)Nc2ccc(C(=O)OCC)cc2)cc1. The van der Waals surface area contributed by atoms with Gasteiger partial charge in [-0.05, 0) is 62.4 Å². The molecule has 0 unspecified atom stereocenters. The van der Waals surface area contributed by atoms with E-state index >= 15 is 0 Å². The van der Waals surface area contributed by atoms with E-state index in [1.807, 2.05) is 0 Å². The minimum Gasteiger partial charge on any atom is -0.462 e. The van der Waals surface area contributed by atoms with Crippen molar-refractivity contribution in [1.29, 1.82) is 0 Å². The molecule has 0 aliphatic rings. The molecule has 0 fully saturated rings. The van der Waals surface area contributed by atoms with Crippen LogP contribution in [0.3, 0.4) is 0 Å². The van der Waals surface area contributed by atoms with E-state index in [2.05, 4.69) is 10.6 Å². The lowest BCUT2D eigenvalue weighted by Gasteiger charge is -2.08. The molecule has 0 saturated carbocycles. The smallest absolute Gasteiger partial charge is 0.338 e. The van der Waals surface area contributed by atoms with Gasteiger partial charge in [-0.15, -0.1) is 11.8 Å². The predicted octanol–water partition coefficient (Wildman–Crippen LogP) is 3.35. The van der Waals surface area contributed by atoms with Crippen LogP contribution >= 0.6 is 11.8 Å². The standard InChI is InChI=1S/C22H24N2O6S/c1-3-29-21(27)15-5-9-17(10-6-15)23-19(25)13-31-14-20(26)24-18-11-7-16(8-12-18)22(28)30-4-2/h5-12H,3-4,13-14H2,1-2H3,(H,23,25)(H,24,26). The highest BCUT2D eigenvalue weighted by Gasteiger charge is 2.10. The summed E-state index contributed by atoms with van der Waals surface area (Å²) in [7, 11) is 0. The van der Waals surface area contributed by atoms with Gasteiger partial charge in [-0.1, -0.05) is 0 Å². The van der Waals surface area contributed by atoms with E-state index in [-0.39, 0.29) is 23.3 Å². The Labute approximate surface area is 184 Å². The molecular weight excluding hydrogens is 420 g/mol. The van der Waals surface area contributed by atoms with Crippen molar-refractivity contribution in [3.8, 4) is 0 Å². The van der Waals surface area contributed by atoms with Crippen molar-refractivity contribution in [2.24, 2.45) is 0 Å². The Hall–Kier alpha value is -3.33. The van der Waals surface area contributed by atoms with E-state index < -0.39 is 11.9 Å². The number of anilines is 2. The summed E-state index contributed by atoms with van der Waals surface area (Å²) in [6.45, 7) is 4.04. The Bertz CT molecular complexity index is 837. The molecular formula is C22H24N2O6S. The minimum absolute atomic E-state index is 0.0921. The third-order valence-electron chi connectivity index (χ3n) is 3.83. The molecule has 0 spiro atoms. The fourth-order valence-corrected chi connectivity index (χ4v) is 3.06. The number of hydrogen-bond donors (Lipinski definition) is 2. The van der Waals surface area contributed by atoms with Crippen molar-refractivity contribution < 1.29 is 28.7 Å². The van der Waals surface area contributed by atoms with Gasteiger partial charge >= 0.3 is 11.9 Å². The van der Waals surface area contributed by atoms with Crippen molar-refractivity contribution in [1.82, 2.24) is 0 Å². The molecule has 31 heavy (non-hydrogen) atoms. The molecule has 2 amide bonds. The molecule has 0 heterocycles. The van der Waals surface area contributed by atoms with Crippen molar-refractivity contribution in [2.75, 3.05) is 35.4 Å². The summed E-state index contributed by atoms with van der Waals surface area (Å²) in [4.78, 5) is 47.3. The van der Waals surface area contributed by atoms with Crippen molar-refractivity contribution in [3.05, 3.63) is 59.7 Å². The first-order chi connectivity index (χ1) is 14.9. The Morgan fingerprint density at radius 3 is 1.35 bits per heavy atom. The lowest BCUT2D eigenvalue weighted by atomic mass is 10.2. The lowest BCUT2D eigenvalue weighted by Crippen LogP contribution is -2.18. The summed E-state index contributed by atoms with van der Waals surface area (Å²) in [5.74, 6) is -1.18. The van der Waals surface area contributed by atoms with Gasteiger partial charge in [0, 0.05) is 11.4 Å². The normalized spacial score (nSPS) is 10.1. The highest BCUT2D eigenvalue weighted by atomic mass is 32.2. The fraction of sp³-hybridized carbons (Fsp3) is 0.273. The van der Waals surface area contributed by atoms with E-state index in [0.29, 0.717) is 35.7 Å².